The van der Waals surface area contributed by atoms with E-state index in [9.17, 15) is 14.7 Å². The molecule has 0 aromatic heterocycles. The number of rotatable bonds is 9. The minimum absolute atomic E-state index is 0.143. The molecule has 2 atom stereocenters. The second-order valence-electron chi connectivity index (χ2n) is 5.13. The van der Waals surface area contributed by atoms with E-state index in [0.29, 0.717) is 11.3 Å². The highest BCUT2D eigenvalue weighted by Gasteiger charge is 2.22. The number of carboxylic acids is 1. The number of alkyl carbamates (subject to hydrolysis) is 1. The van der Waals surface area contributed by atoms with Crippen LogP contribution in [0.4, 0.5) is 4.79 Å². The first-order chi connectivity index (χ1) is 10.9. The number of hydrogen-bond donors (Lipinski definition) is 3. The number of carbonyl (C=O) groups is 2. The molecular weight excluding hydrogens is 302 g/mol. The molecule has 1 aromatic rings. The molecule has 0 fully saturated rings. The van der Waals surface area contributed by atoms with E-state index in [-0.39, 0.29) is 13.2 Å². The minimum atomic E-state index is -1.20. The maximum Gasteiger partial charge on any atom is 0.408 e. The molecule has 7 heteroatoms. The van der Waals surface area contributed by atoms with Gasteiger partial charge < -0.3 is 25.0 Å². The zero-order chi connectivity index (χ0) is 17.2. The van der Waals surface area contributed by atoms with E-state index in [4.69, 9.17) is 14.6 Å². The Morgan fingerprint density at radius 2 is 1.91 bits per heavy atom. The number of carbonyl (C=O) groups excluding carboxylic acids is 1. The molecule has 3 N–H and O–H groups in total. The van der Waals surface area contributed by atoms with Gasteiger partial charge in [-0.2, -0.15) is 0 Å². The summed E-state index contributed by atoms with van der Waals surface area (Å²) in [6, 6.07) is 5.05. The largest absolute Gasteiger partial charge is 0.491 e. The lowest BCUT2D eigenvalue weighted by molar-refractivity contribution is -0.139. The molecular formula is C16H23NO6. The maximum absolute atomic E-state index is 11.6. The molecule has 0 saturated carbocycles. The number of aliphatic carboxylic acids is 1. The van der Waals surface area contributed by atoms with Crippen molar-refractivity contribution in [2.45, 2.75) is 38.8 Å². The van der Waals surface area contributed by atoms with Gasteiger partial charge in [-0.15, -0.1) is 0 Å². The summed E-state index contributed by atoms with van der Waals surface area (Å²) in [5, 5.41) is 20.7. The first-order valence-electron chi connectivity index (χ1n) is 7.51. The average molecular weight is 325 g/mol. The number of benzene rings is 1. The van der Waals surface area contributed by atoms with Crippen LogP contribution in [0.3, 0.4) is 0 Å². The molecule has 0 aliphatic rings. The standard InChI is InChI=1S/C16H23NO6/c1-3-4-9-22-16(21)17-14(15(19)20)12-5-7-13(8-6-12)23-10-11(2)18/h5-8,11,14,18H,3-4,9-10H2,1-2H3,(H,17,21)(H,19,20)/t11-,14?/m1/s1. The number of amides is 1. The first-order valence-corrected chi connectivity index (χ1v) is 7.51. The molecule has 0 saturated heterocycles. The predicted octanol–water partition coefficient (Wildman–Crippen LogP) is 2.10. The van der Waals surface area contributed by atoms with E-state index >= 15 is 0 Å². The molecule has 23 heavy (non-hydrogen) atoms. The van der Waals surface area contributed by atoms with Crippen molar-refractivity contribution in [3.05, 3.63) is 29.8 Å². The minimum Gasteiger partial charge on any atom is -0.491 e. The van der Waals surface area contributed by atoms with Crippen LogP contribution in [-0.4, -0.2) is 41.6 Å². The van der Waals surface area contributed by atoms with E-state index in [1.807, 2.05) is 6.92 Å². The summed E-state index contributed by atoms with van der Waals surface area (Å²) in [5.41, 5.74) is 0.398. The number of hydrogen-bond acceptors (Lipinski definition) is 5. The number of unbranched alkanes of at least 4 members (excludes halogenated alkanes) is 1. The highest BCUT2D eigenvalue weighted by molar-refractivity contribution is 5.81. The third-order valence-corrected chi connectivity index (χ3v) is 2.94. The Balaban J connectivity index is 2.66. The normalized spacial score (nSPS) is 13.0. The van der Waals surface area contributed by atoms with Crippen molar-refractivity contribution in [2.24, 2.45) is 0 Å². The second kappa shape index (κ2) is 9.68. The summed E-state index contributed by atoms with van der Waals surface area (Å²) in [4.78, 5) is 22.9. The molecule has 0 aliphatic heterocycles. The van der Waals surface area contributed by atoms with Crippen LogP contribution < -0.4 is 10.1 Å². The molecule has 1 unspecified atom stereocenters. The van der Waals surface area contributed by atoms with E-state index in [0.717, 1.165) is 12.8 Å². The lowest BCUT2D eigenvalue weighted by atomic mass is 10.1. The molecule has 1 aromatic carbocycles. The van der Waals surface area contributed by atoms with Crippen LogP contribution in [0.1, 0.15) is 38.3 Å². The summed E-state index contributed by atoms with van der Waals surface area (Å²) in [6.07, 6.45) is 0.241. The van der Waals surface area contributed by atoms with Crippen molar-refractivity contribution in [3.8, 4) is 5.75 Å². The van der Waals surface area contributed by atoms with Crippen LogP contribution in [0, 0.1) is 0 Å². The topological polar surface area (TPSA) is 105 Å². The van der Waals surface area contributed by atoms with E-state index in [2.05, 4.69) is 5.32 Å². The lowest BCUT2D eigenvalue weighted by Crippen LogP contribution is -2.34. The summed E-state index contributed by atoms with van der Waals surface area (Å²) < 4.78 is 10.2. The van der Waals surface area contributed by atoms with Gasteiger partial charge in [0.1, 0.15) is 12.4 Å². The fourth-order valence-electron chi connectivity index (χ4n) is 1.73. The molecule has 7 nitrogen and oxygen atoms in total. The maximum atomic E-state index is 11.6. The molecule has 0 heterocycles. The molecule has 128 valence electrons. The fraction of sp³-hybridized carbons (Fsp3) is 0.500. The van der Waals surface area contributed by atoms with Gasteiger partial charge in [-0.1, -0.05) is 25.5 Å². The Kier molecular flexibility index (Phi) is 7.90. The Hall–Kier alpha value is -2.28. The zero-order valence-corrected chi connectivity index (χ0v) is 13.3. The monoisotopic (exact) mass is 325 g/mol. The molecule has 0 spiro atoms. The second-order valence-corrected chi connectivity index (χ2v) is 5.13. The molecule has 1 rings (SSSR count). The number of carboxylic acid groups (broad SMARTS) is 1. The SMILES string of the molecule is CCCCOC(=O)NC(C(=O)O)c1ccc(OC[C@@H](C)O)cc1. The fourth-order valence-corrected chi connectivity index (χ4v) is 1.73. The van der Waals surface area contributed by atoms with Crippen LogP contribution in [0.15, 0.2) is 24.3 Å². The van der Waals surface area contributed by atoms with Gasteiger partial charge in [-0.3, -0.25) is 0 Å². The van der Waals surface area contributed by atoms with Crippen molar-refractivity contribution in [1.29, 1.82) is 0 Å². The third kappa shape index (κ3) is 7.01. The van der Waals surface area contributed by atoms with Gasteiger partial charge in [0.2, 0.25) is 0 Å². The first kappa shape index (κ1) is 18.8. The number of aliphatic hydroxyl groups excluding tert-OH is 1. The average Bonchev–Trinajstić information content (AvgIpc) is 2.51. The van der Waals surface area contributed by atoms with Gasteiger partial charge in [0.15, 0.2) is 6.04 Å². The summed E-state index contributed by atoms with van der Waals surface area (Å²) in [7, 11) is 0. The van der Waals surface area contributed by atoms with Crippen LogP contribution in [-0.2, 0) is 9.53 Å². The number of aliphatic hydroxyl groups is 1. The van der Waals surface area contributed by atoms with Gasteiger partial charge in [0.05, 0.1) is 12.7 Å². The number of nitrogens with one attached hydrogen (secondary N) is 1. The Bertz CT molecular complexity index is 500. The van der Waals surface area contributed by atoms with Gasteiger partial charge in [0.25, 0.3) is 0 Å². The zero-order valence-electron chi connectivity index (χ0n) is 13.3. The molecule has 0 aliphatic carbocycles. The van der Waals surface area contributed by atoms with Crippen LogP contribution in [0.25, 0.3) is 0 Å². The van der Waals surface area contributed by atoms with Crippen molar-refractivity contribution in [2.75, 3.05) is 13.2 Å². The van der Waals surface area contributed by atoms with E-state index < -0.39 is 24.2 Å². The van der Waals surface area contributed by atoms with Crippen LogP contribution in [0.5, 0.6) is 5.75 Å². The molecule has 0 bridgehead atoms. The number of ether oxygens (including phenoxy) is 2. The van der Waals surface area contributed by atoms with Crippen molar-refractivity contribution < 1.29 is 29.3 Å². The van der Waals surface area contributed by atoms with Crippen LogP contribution in [0.2, 0.25) is 0 Å². The van der Waals surface area contributed by atoms with Gasteiger partial charge in [-0.05, 0) is 31.0 Å². The molecule has 1 amide bonds. The van der Waals surface area contributed by atoms with Crippen molar-refractivity contribution in [1.82, 2.24) is 5.32 Å². The predicted molar refractivity (Wildman–Crippen MR) is 83.4 cm³/mol. The Morgan fingerprint density at radius 3 is 2.43 bits per heavy atom. The summed E-state index contributed by atoms with van der Waals surface area (Å²) in [6.45, 7) is 3.95. The van der Waals surface area contributed by atoms with E-state index in [1.165, 1.54) is 0 Å². The Labute approximate surface area is 135 Å². The van der Waals surface area contributed by atoms with Gasteiger partial charge in [-0.25, -0.2) is 9.59 Å². The van der Waals surface area contributed by atoms with Crippen molar-refractivity contribution >= 4 is 12.1 Å². The quantitative estimate of drug-likeness (QED) is 0.601. The van der Waals surface area contributed by atoms with Gasteiger partial charge in [0, 0.05) is 0 Å². The van der Waals surface area contributed by atoms with E-state index in [1.54, 1.807) is 31.2 Å². The smallest absolute Gasteiger partial charge is 0.408 e. The Morgan fingerprint density at radius 1 is 1.26 bits per heavy atom. The highest BCUT2D eigenvalue weighted by Crippen LogP contribution is 2.18. The lowest BCUT2D eigenvalue weighted by Gasteiger charge is -2.15. The highest BCUT2D eigenvalue weighted by atomic mass is 16.5. The molecule has 0 radical (unpaired) electrons. The summed E-state index contributed by atoms with van der Waals surface area (Å²) >= 11 is 0. The summed E-state index contributed by atoms with van der Waals surface area (Å²) in [5.74, 6) is -0.681. The van der Waals surface area contributed by atoms with Crippen molar-refractivity contribution in [3.63, 3.8) is 0 Å². The van der Waals surface area contributed by atoms with Gasteiger partial charge >= 0.3 is 12.1 Å². The van der Waals surface area contributed by atoms with Crippen LogP contribution >= 0.6 is 0 Å². The third-order valence-electron chi connectivity index (χ3n) is 2.94.